The molecule has 6 heteroatoms. The van der Waals surface area contributed by atoms with Crippen LogP contribution in [0, 0.1) is 18.8 Å². The summed E-state index contributed by atoms with van der Waals surface area (Å²) in [5.41, 5.74) is 7.21. The maximum Gasteiger partial charge on any atom is 0.217 e. The zero-order valence-electron chi connectivity index (χ0n) is 15.4. The van der Waals surface area contributed by atoms with Gasteiger partial charge in [-0.3, -0.25) is 14.0 Å². The fraction of sp³-hybridized carbons (Fsp3) is 0.526. The van der Waals surface area contributed by atoms with E-state index in [1.165, 1.54) is 0 Å². The van der Waals surface area contributed by atoms with Crippen molar-refractivity contribution in [1.29, 1.82) is 0 Å². The van der Waals surface area contributed by atoms with Crippen LogP contribution in [0.2, 0.25) is 0 Å². The van der Waals surface area contributed by atoms with Gasteiger partial charge in [0.25, 0.3) is 0 Å². The van der Waals surface area contributed by atoms with Crippen molar-refractivity contribution in [3.05, 3.63) is 29.7 Å². The minimum Gasteiger partial charge on any atom is -0.490 e. The Labute approximate surface area is 148 Å². The van der Waals surface area contributed by atoms with E-state index >= 15 is 0 Å². The topological polar surface area (TPSA) is 86.7 Å². The lowest BCUT2D eigenvalue weighted by Gasteiger charge is -2.17. The number of aryl methyl sites for hydroxylation is 1. The van der Waals surface area contributed by atoms with Gasteiger partial charge in [0.2, 0.25) is 5.91 Å². The smallest absolute Gasteiger partial charge is 0.217 e. The fourth-order valence-electron chi connectivity index (χ4n) is 3.31. The van der Waals surface area contributed by atoms with E-state index in [2.05, 4.69) is 18.8 Å². The number of pyridine rings is 1. The molecule has 0 bridgehead atoms. The van der Waals surface area contributed by atoms with E-state index in [1.807, 2.05) is 32.2 Å². The molecule has 0 spiro atoms. The van der Waals surface area contributed by atoms with Crippen LogP contribution in [0.25, 0.3) is 5.65 Å². The molecule has 0 saturated heterocycles. The first kappa shape index (κ1) is 19.0. The Bertz CT molecular complexity index is 765. The molecule has 0 aliphatic heterocycles. The SMILES string of the molecule is CCOc1cccn2c(C(=O)C[C@@H](CC(N)=O)CC(C)C)c(C)nc12. The molecule has 2 aromatic heterocycles. The molecule has 2 heterocycles. The van der Waals surface area contributed by atoms with Gasteiger partial charge in [-0.15, -0.1) is 0 Å². The number of hydrogen-bond acceptors (Lipinski definition) is 4. The Hall–Kier alpha value is -2.37. The van der Waals surface area contributed by atoms with E-state index < -0.39 is 0 Å². The Morgan fingerprint density at radius 3 is 2.64 bits per heavy atom. The van der Waals surface area contributed by atoms with Gasteiger partial charge in [-0.25, -0.2) is 4.98 Å². The van der Waals surface area contributed by atoms with Crippen LogP contribution in [-0.2, 0) is 4.79 Å². The molecular formula is C19H27N3O3. The predicted molar refractivity (Wildman–Crippen MR) is 96.8 cm³/mol. The molecule has 6 nitrogen and oxygen atoms in total. The second kappa shape index (κ2) is 8.14. The number of carbonyl (C=O) groups is 2. The van der Waals surface area contributed by atoms with Crippen LogP contribution in [0.15, 0.2) is 18.3 Å². The van der Waals surface area contributed by atoms with Crippen LogP contribution in [-0.4, -0.2) is 27.7 Å². The molecule has 136 valence electrons. The highest BCUT2D eigenvalue weighted by atomic mass is 16.5. The number of amides is 1. The number of primary amides is 1. The number of aromatic nitrogens is 2. The zero-order chi connectivity index (χ0) is 18.6. The average Bonchev–Trinajstić information content (AvgIpc) is 2.83. The largest absolute Gasteiger partial charge is 0.490 e. The van der Waals surface area contributed by atoms with Crippen LogP contribution in [0.5, 0.6) is 5.75 Å². The van der Waals surface area contributed by atoms with Crippen LogP contribution in [0.4, 0.5) is 0 Å². The van der Waals surface area contributed by atoms with E-state index in [0.29, 0.717) is 35.3 Å². The Kier molecular flexibility index (Phi) is 6.17. The summed E-state index contributed by atoms with van der Waals surface area (Å²) in [7, 11) is 0. The highest BCUT2D eigenvalue weighted by Crippen LogP contribution is 2.26. The van der Waals surface area contributed by atoms with E-state index in [0.717, 1.165) is 6.42 Å². The molecule has 0 saturated carbocycles. The Morgan fingerprint density at radius 1 is 1.32 bits per heavy atom. The zero-order valence-corrected chi connectivity index (χ0v) is 15.4. The standard InChI is InChI=1S/C19H27N3O3/c1-5-25-16-7-6-8-22-18(13(4)21-19(16)22)15(23)10-14(9-12(2)3)11-17(20)24/h6-8,12,14H,5,9-11H2,1-4H3,(H2,20,24)/t14-/m0/s1. The summed E-state index contributed by atoms with van der Waals surface area (Å²) < 4.78 is 7.37. The van der Waals surface area contributed by atoms with Crippen molar-refractivity contribution < 1.29 is 14.3 Å². The van der Waals surface area contributed by atoms with Crippen molar-refractivity contribution in [2.45, 2.75) is 47.0 Å². The first-order valence-corrected chi connectivity index (χ1v) is 8.75. The number of hydrogen-bond donors (Lipinski definition) is 1. The molecule has 25 heavy (non-hydrogen) atoms. The number of ether oxygens (including phenoxy) is 1. The van der Waals surface area contributed by atoms with Crippen LogP contribution in [0.3, 0.4) is 0 Å². The molecule has 2 aromatic rings. The molecular weight excluding hydrogens is 318 g/mol. The number of carbonyl (C=O) groups excluding carboxylic acids is 2. The van der Waals surface area contributed by atoms with Gasteiger partial charge in [0, 0.05) is 19.0 Å². The molecule has 0 unspecified atom stereocenters. The van der Waals surface area contributed by atoms with Gasteiger partial charge < -0.3 is 10.5 Å². The maximum absolute atomic E-state index is 12.9. The number of nitrogens with two attached hydrogens (primary N) is 1. The van der Waals surface area contributed by atoms with E-state index in [-0.39, 0.29) is 30.4 Å². The summed E-state index contributed by atoms with van der Waals surface area (Å²) in [6.45, 7) is 8.41. The van der Waals surface area contributed by atoms with Crippen molar-refractivity contribution in [2.24, 2.45) is 17.6 Å². The summed E-state index contributed by atoms with van der Waals surface area (Å²) in [6.07, 6.45) is 3.11. The van der Waals surface area contributed by atoms with E-state index in [9.17, 15) is 9.59 Å². The van der Waals surface area contributed by atoms with E-state index in [4.69, 9.17) is 10.5 Å². The fourth-order valence-corrected chi connectivity index (χ4v) is 3.31. The minimum atomic E-state index is -0.369. The maximum atomic E-state index is 12.9. The van der Waals surface area contributed by atoms with Crippen molar-refractivity contribution >= 4 is 17.3 Å². The normalized spacial score (nSPS) is 12.5. The highest BCUT2D eigenvalue weighted by molar-refractivity contribution is 5.97. The molecule has 1 amide bonds. The number of ketones is 1. The second-order valence-electron chi connectivity index (χ2n) is 6.84. The molecule has 0 aliphatic rings. The Balaban J connectivity index is 2.33. The lowest BCUT2D eigenvalue weighted by molar-refractivity contribution is -0.118. The molecule has 1 atom stereocenters. The van der Waals surface area contributed by atoms with Gasteiger partial charge in [-0.05, 0) is 44.2 Å². The van der Waals surface area contributed by atoms with Gasteiger partial charge in [0.05, 0.1) is 12.3 Å². The molecule has 0 fully saturated rings. The monoisotopic (exact) mass is 345 g/mol. The van der Waals surface area contributed by atoms with Gasteiger partial charge in [0.15, 0.2) is 17.2 Å². The summed E-state index contributed by atoms with van der Waals surface area (Å²) in [5.74, 6) is 0.607. The van der Waals surface area contributed by atoms with E-state index in [1.54, 1.807) is 4.40 Å². The van der Waals surface area contributed by atoms with Crippen molar-refractivity contribution in [3.8, 4) is 5.75 Å². The minimum absolute atomic E-state index is 0.0226. The summed E-state index contributed by atoms with van der Waals surface area (Å²) in [4.78, 5) is 28.8. The first-order valence-electron chi connectivity index (χ1n) is 8.75. The molecule has 0 radical (unpaired) electrons. The summed E-state index contributed by atoms with van der Waals surface area (Å²) in [5, 5.41) is 0. The lowest BCUT2D eigenvalue weighted by Crippen LogP contribution is -2.21. The van der Waals surface area contributed by atoms with Crippen molar-refractivity contribution in [2.75, 3.05) is 6.61 Å². The van der Waals surface area contributed by atoms with Gasteiger partial charge >= 0.3 is 0 Å². The average molecular weight is 345 g/mol. The summed E-state index contributed by atoms with van der Waals surface area (Å²) in [6, 6.07) is 3.68. The van der Waals surface area contributed by atoms with Crippen LogP contribution in [0.1, 0.15) is 56.2 Å². The predicted octanol–water partition coefficient (Wildman–Crippen LogP) is 3.15. The van der Waals surface area contributed by atoms with Gasteiger partial charge in [0.1, 0.15) is 5.69 Å². The van der Waals surface area contributed by atoms with Crippen molar-refractivity contribution in [3.63, 3.8) is 0 Å². The Morgan fingerprint density at radius 2 is 2.04 bits per heavy atom. The second-order valence-corrected chi connectivity index (χ2v) is 6.84. The third kappa shape index (κ3) is 4.59. The number of fused-ring (bicyclic) bond motifs is 1. The molecule has 0 aromatic carbocycles. The van der Waals surface area contributed by atoms with Gasteiger partial charge in [-0.2, -0.15) is 0 Å². The molecule has 2 N–H and O–H groups in total. The first-order chi connectivity index (χ1) is 11.8. The number of rotatable bonds is 9. The highest BCUT2D eigenvalue weighted by Gasteiger charge is 2.23. The molecule has 2 rings (SSSR count). The van der Waals surface area contributed by atoms with Crippen LogP contribution < -0.4 is 10.5 Å². The summed E-state index contributed by atoms with van der Waals surface area (Å²) >= 11 is 0. The lowest BCUT2D eigenvalue weighted by atomic mass is 9.88. The van der Waals surface area contributed by atoms with Crippen LogP contribution >= 0.6 is 0 Å². The van der Waals surface area contributed by atoms with Crippen molar-refractivity contribution in [1.82, 2.24) is 9.38 Å². The third-order valence-electron chi connectivity index (χ3n) is 4.12. The number of nitrogens with zero attached hydrogens (tertiary/aromatic N) is 2. The number of imidazole rings is 1. The quantitative estimate of drug-likeness (QED) is 0.707. The molecule has 0 aliphatic carbocycles. The third-order valence-corrected chi connectivity index (χ3v) is 4.12. The number of Topliss-reactive ketones (excluding diaryl/α,β-unsaturated/α-hetero) is 1. The van der Waals surface area contributed by atoms with Gasteiger partial charge in [-0.1, -0.05) is 13.8 Å².